The smallest absolute Gasteiger partial charge is 0.228 e. The monoisotopic (exact) mass is 298 g/mol. The van der Waals surface area contributed by atoms with Crippen LogP contribution in [0.15, 0.2) is 29.2 Å². The van der Waals surface area contributed by atoms with Gasteiger partial charge in [-0.15, -0.1) is 24.2 Å². The number of rotatable bonds is 3. The molecule has 5 heteroatoms. The van der Waals surface area contributed by atoms with E-state index < -0.39 is 0 Å². The highest BCUT2D eigenvalue weighted by Crippen LogP contribution is 2.39. The van der Waals surface area contributed by atoms with Gasteiger partial charge in [-0.2, -0.15) is 0 Å². The van der Waals surface area contributed by atoms with Crippen molar-refractivity contribution in [1.29, 1.82) is 0 Å². The molecule has 3 nitrogen and oxygen atoms in total. The Hall–Kier alpha value is -0.710. The summed E-state index contributed by atoms with van der Waals surface area (Å²) >= 11 is 1.79. The molecule has 0 aromatic heterocycles. The first-order valence-corrected chi connectivity index (χ1v) is 7.53. The third kappa shape index (κ3) is 3.25. The minimum absolute atomic E-state index is 0. The molecule has 0 saturated carbocycles. The van der Waals surface area contributed by atoms with Gasteiger partial charge in [-0.05, 0) is 37.1 Å². The SMILES string of the molecule is Cl.O=C(NCC1CCNC1)C1CSc2ccccc21. The van der Waals surface area contributed by atoms with Crippen molar-refractivity contribution >= 4 is 30.1 Å². The second-order valence-corrected chi connectivity index (χ2v) is 6.07. The molecular formula is C14H19ClN2OS. The van der Waals surface area contributed by atoms with Crippen molar-refractivity contribution in [1.82, 2.24) is 10.6 Å². The van der Waals surface area contributed by atoms with Crippen LogP contribution in [0.1, 0.15) is 17.9 Å². The summed E-state index contributed by atoms with van der Waals surface area (Å²) in [5, 5.41) is 6.44. The first-order chi connectivity index (χ1) is 8.84. The Labute approximate surface area is 124 Å². The van der Waals surface area contributed by atoms with Gasteiger partial charge in [-0.3, -0.25) is 4.79 Å². The van der Waals surface area contributed by atoms with Crippen molar-refractivity contribution in [2.24, 2.45) is 5.92 Å². The van der Waals surface area contributed by atoms with Gasteiger partial charge in [-0.25, -0.2) is 0 Å². The standard InChI is InChI=1S/C14H18N2OS.ClH/c17-14(16-8-10-5-6-15-7-10)12-9-18-13-4-2-1-3-11(12)13;/h1-4,10,12,15H,5-9H2,(H,16,17);1H. The normalized spacial score (nSPS) is 24.6. The summed E-state index contributed by atoms with van der Waals surface area (Å²) in [6.45, 7) is 2.94. The molecule has 3 rings (SSSR count). The van der Waals surface area contributed by atoms with Crippen molar-refractivity contribution in [3.05, 3.63) is 29.8 Å². The first kappa shape index (κ1) is 14.7. The van der Waals surface area contributed by atoms with Crippen LogP contribution in [0.4, 0.5) is 0 Å². The summed E-state index contributed by atoms with van der Waals surface area (Å²) < 4.78 is 0. The van der Waals surface area contributed by atoms with E-state index in [2.05, 4.69) is 22.8 Å². The number of fused-ring (bicyclic) bond motifs is 1. The minimum Gasteiger partial charge on any atom is -0.355 e. The Bertz CT molecular complexity index is 449. The topological polar surface area (TPSA) is 41.1 Å². The van der Waals surface area contributed by atoms with Gasteiger partial charge in [0.05, 0.1) is 5.92 Å². The molecule has 2 atom stereocenters. The van der Waals surface area contributed by atoms with Gasteiger partial charge >= 0.3 is 0 Å². The lowest BCUT2D eigenvalue weighted by Crippen LogP contribution is -2.34. The number of benzene rings is 1. The number of carbonyl (C=O) groups is 1. The van der Waals surface area contributed by atoms with Crippen LogP contribution < -0.4 is 10.6 Å². The van der Waals surface area contributed by atoms with Gasteiger partial charge in [0, 0.05) is 17.2 Å². The number of amides is 1. The van der Waals surface area contributed by atoms with Gasteiger partial charge in [0.15, 0.2) is 0 Å². The molecule has 1 fully saturated rings. The van der Waals surface area contributed by atoms with Crippen LogP contribution >= 0.6 is 24.2 Å². The summed E-state index contributed by atoms with van der Waals surface area (Å²) in [4.78, 5) is 13.5. The lowest BCUT2D eigenvalue weighted by Gasteiger charge is -2.14. The molecular weight excluding hydrogens is 280 g/mol. The molecule has 104 valence electrons. The van der Waals surface area contributed by atoms with E-state index in [9.17, 15) is 4.79 Å². The molecule has 19 heavy (non-hydrogen) atoms. The van der Waals surface area contributed by atoms with Crippen LogP contribution in [0.25, 0.3) is 0 Å². The number of carbonyl (C=O) groups excluding carboxylic acids is 1. The van der Waals surface area contributed by atoms with E-state index in [0.29, 0.717) is 5.92 Å². The number of hydrogen-bond acceptors (Lipinski definition) is 3. The Balaban J connectivity index is 0.00000133. The van der Waals surface area contributed by atoms with Crippen LogP contribution in [0, 0.1) is 5.92 Å². The Morgan fingerprint density at radius 2 is 2.26 bits per heavy atom. The molecule has 2 heterocycles. The molecule has 2 aliphatic rings. The third-order valence-electron chi connectivity index (χ3n) is 3.74. The van der Waals surface area contributed by atoms with E-state index in [4.69, 9.17) is 0 Å². The van der Waals surface area contributed by atoms with E-state index in [1.165, 1.54) is 16.9 Å². The molecule has 1 aromatic rings. The first-order valence-electron chi connectivity index (χ1n) is 6.55. The van der Waals surface area contributed by atoms with Crippen LogP contribution in [0.2, 0.25) is 0 Å². The van der Waals surface area contributed by atoms with Crippen molar-refractivity contribution < 1.29 is 4.79 Å². The fraction of sp³-hybridized carbons (Fsp3) is 0.500. The maximum atomic E-state index is 12.2. The average Bonchev–Trinajstić information content (AvgIpc) is 3.05. The predicted molar refractivity (Wildman–Crippen MR) is 81.1 cm³/mol. The van der Waals surface area contributed by atoms with Crippen molar-refractivity contribution in [2.45, 2.75) is 17.2 Å². The third-order valence-corrected chi connectivity index (χ3v) is 4.93. The number of halogens is 1. The molecule has 0 aliphatic carbocycles. The van der Waals surface area contributed by atoms with Crippen LogP contribution in [0.5, 0.6) is 0 Å². The van der Waals surface area contributed by atoms with E-state index in [-0.39, 0.29) is 24.2 Å². The van der Waals surface area contributed by atoms with E-state index in [0.717, 1.165) is 25.4 Å². The highest BCUT2D eigenvalue weighted by atomic mass is 35.5. The highest BCUT2D eigenvalue weighted by Gasteiger charge is 2.29. The molecule has 2 aliphatic heterocycles. The molecule has 2 N–H and O–H groups in total. The molecule has 1 saturated heterocycles. The quantitative estimate of drug-likeness (QED) is 0.897. The maximum Gasteiger partial charge on any atom is 0.228 e. The zero-order valence-electron chi connectivity index (χ0n) is 10.7. The van der Waals surface area contributed by atoms with Gasteiger partial charge in [-0.1, -0.05) is 18.2 Å². The summed E-state index contributed by atoms with van der Waals surface area (Å²) in [5.41, 5.74) is 1.20. The van der Waals surface area contributed by atoms with Gasteiger partial charge in [0.1, 0.15) is 0 Å². The maximum absolute atomic E-state index is 12.2. The second kappa shape index (κ2) is 6.64. The highest BCUT2D eigenvalue weighted by molar-refractivity contribution is 7.99. The lowest BCUT2D eigenvalue weighted by atomic mass is 10.00. The average molecular weight is 299 g/mol. The summed E-state index contributed by atoms with van der Waals surface area (Å²) in [5.74, 6) is 1.73. The number of nitrogens with one attached hydrogen (secondary N) is 2. The largest absolute Gasteiger partial charge is 0.355 e. The lowest BCUT2D eigenvalue weighted by molar-refractivity contribution is -0.122. The van der Waals surface area contributed by atoms with Gasteiger partial charge in [0.25, 0.3) is 0 Å². The van der Waals surface area contributed by atoms with Crippen LogP contribution in [0.3, 0.4) is 0 Å². The minimum atomic E-state index is 0. The van der Waals surface area contributed by atoms with E-state index in [1.54, 1.807) is 11.8 Å². The molecule has 0 spiro atoms. The number of thioether (sulfide) groups is 1. The van der Waals surface area contributed by atoms with Gasteiger partial charge in [0.2, 0.25) is 5.91 Å². The Morgan fingerprint density at radius 1 is 1.42 bits per heavy atom. The Morgan fingerprint density at radius 3 is 3.05 bits per heavy atom. The van der Waals surface area contributed by atoms with E-state index in [1.807, 2.05) is 12.1 Å². The molecule has 1 amide bonds. The fourth-order valence-corrected chi connectivity index (χ4v) is 3.87. The molecule has 2 unspecified atom stereocenters. The molecule has 1 aromatic carbocycles. The van der Waals surface area contributed by atoms with Gasteiger partial charge < -0.3 is 10.6 Å². The van der Waals surface area contributed by atoms with Crippen LogP contribution in [-0.4, -0.2) is 31.3 Å². The predicted octanol–water partition coefficient (Wildman–Crippen LogP) is 2.02. The van der Waals surface area contributed by atoms with E-state index >= 15 is 0 Å². The zero-order chi connectivity index (χ0) is 12.4. The summed E-state index contributed by atoms with van der Waals surface area (Å²) in [6, 6.07) is 8.24. The van der Waals surface area contributed by atoms with Crippen molar-refractivity contribution in [3.8, 4) is 0 Å². The van der Waals surface area contributed by atoms with Crippen molar-refractivity contribution in [2.75, 3.05) is 25.4 Å². The van der Waals surface area contributed by atoms with Crippen molar-refractivity contribution in [3.63, 3.8) is 0 Å². The fourth-order valence-electron chi connectivity index (χ4n) is 2.64. The summed E-state index contributed by atoms with van der Waals surface area (Å²) in [7, 11) is 0. The second-order valence-electron chi connectivity index (χ2n) is 5.01. The zero-order valence-corrected chi connectivity index (χ0v) is 12.4. The van der Waals surface area contributed by atoms with Crippen LogP contribution in [-0.2, 0) is 4.79 Å². The molecule has 0 radical (unpaired) electrons. The number of hydrogen-bond donors (Lipinski definition) is 2. The Kier molecular flexibility index (Phi) is 5.13. The molecule has 0 bridgehead atoms. The summed E-state index contributed by atoms with van der Waals surface area (Å²) in [6.07, 6.45) is 1.18.